The lowest BCUT2D eigenvalue weighted by Crippen LogP contribution is -2.27. The molecule has 0 amide bonds. The summed E-state index contributed by atoms with van der Waals surface area (Å²) in [6, 6.07) is 0. The molecular formula is C12H24O. The Labute approximate surface area is 82.9 Å². The van der Waals surface area contributed by atoms with Crippen molar-refractivity contribution in [3.05, 3.63) is 0 Å². The Morgan fingerprint density at radius 3 is 1.77 bits per heavy atom. The van der Waals surface area contributed by atoms with Crippen LogP contribution >= 0.6 is 0 Å². The van der Waals surface area contributed by atoms with Crippen molar-refractivity contribution in [2.45, 2.75) is 48.0 Å². The van der Waals surface area contributed by atoms with Gasteiger partial charge in [0.2, 0.25) is 0 Å². The van der Waals surface area contributed by atoms with Crippen molar-refractivity contribution in [1.29, 1.82) is 0 Å². The molecule has 0 heterocycles. The molecule has 0 aromatic rings. The first-order chi connectivity index (χ1) is 5.91. The Kier molecular flexibility index (Phi) is 5.27. The van der Waals surface area contributed by atoms with Crippen molar-refractivity contribution >= 4 is 5.78 Å². The molecule has 0 aliphatic carbocycles. The van der Waals surface area contributed by atoms with Gasteiger partial charge in [0, 0.05) is 11.8 Å². The van der Waals surface area contributed by atoms with Gasteiger partial charge in [-0.2, -0.15) is 0 Å². The van der Waals surface area contributed by atoms with Gasteiger partial charge in [0.1, 0.15) is 5.78 Å². The molecule has 13 heavy (non-hydrogen) atoms. The van der Waals surface area contributed by atoms with E-state index in [1.54, 1.807) is 0 Å². The number of carbonyl (C=O) groups excluding carboxylic acids is 1. The third-order valence-electron chi connectivity index (χ3n) is 3.40. The van der Waals surface area contributed by atoms with Crippen LogP contribution in [0.3, 0.4) is 0 Å². The van der Waals surface area contributed by atoms with Crippen LogP contribution in [-0.4, -0.2) is 5.78 Å². The molecule has 0 aromatic carbocycles. The predicted octanol–water partition coefficient (Wildman–Crippen LogP) is 3.53. The highest BCUT2D eigenvalue weighted by atomic mass is 16.1. The number of carbonyl (C=O) groups is 1. The minimum absolute atomic E-state index is 0.212. The predicted molar refractivity (Wildman–Crippen MR) is 57.6 cm³/mol. The van der Waals surface area contributed by atoms with Crippen LogP contribution in [0.15, 0.2) is 0 Å². The molecule has 3 unspecified atom stereocenters. The van der Waals surface area contributed by atoms with E-state index in [0.717, 1.165) is 6.42 Å². The van der Waals surface area contributed by atoms with Gasteiger partial charge in [0.15, 0.2) is 0 Å². The standard InChI is InChI=1S/C12H24O/c1-7-9(4)11(6)12(13)10(5)8(2)3/h8-11H,7H2,1-6H3. The number of hydrogen-bond acceptors (Lipinski definition) is 1. The zero-order valence-electron chi connectivity index (χ0n) is 9.92. The van der Waals surface area contributed by atoms with E-state index in [4.69, 9.17) is 0 Å². The molecular weight excluding hydrogens is 160 g/mol. The van der Waals surface area contributed by atoms with Crippen molar-refractivity contribution in [1.82, 2.24) is 0 Å². The molecule has 0 radical (unpaired) electrons. The molecule has 1 nitrogen and oxygen atoms in total. The van der Waals surface area contributed by atoms with Crippen LogP contribution in [0, 0.1) is 23.7 Å². The van der Waals surface area contributed by atoms with Gasteiger partial charge in [-0.3, -0.25) is 4.79 Å². The number of hydrogen-bond donors (Lipinski definition) is 0. The van der Waals surface area contributed by atoms with E-state index in [1.807, 2.05) is 6.92 Å². The SMILES string of the molecule is CCC(C)C(C)C(=O)C(C)C(C)C. The summed E-state index contributed by atoms with van der Waals surface area (Å²) >= 11 is 0. The maximum atomic E-state index is 11.9. The molecule has 78 valence electrons. The van der Waals surface area contributed by atoms with Crippen LogP contribution in [0.4, 0.5) is 0 Å². The van der Waals surface area contributed by atoms with Crippen molar-refractivity contribution in [2.24, 2.45) is 23.7 Å². The molecule has 0 rings (SSSR count). The van der Waals surface area contributed by atoms with Gasteiger partial charge in [0.25, 0.3) is 0 Å². The van der Waals surface area contributed by atoms with Gasteiger partial charge in [-0.15, -0.1) is 0 Å². The second kappa shape index (κ2) is 5.41. The first-order valence-electron chi connectivity index (χ1n) is 5.45. The topological polar surface area (TPSA) is 17.1 Å². The summed E-state index contributed by atoms with van der Waals surface area (Å²) in [4.78, 5) is 11.9. The second-order valence-electron chi connectivity index (χ2n) is 4.61. The fourth-order valence-electron chi connectivity index (χ4n) is 1.38. The molecule has 1 heteroatoms. The number of ketones is 1. The van der Waals surface area contributed by atoms with E-state index in [0.29, 0.717) is 17.6 Å². The zero-order chi connectivity index (χ0) is 10.6. The van der Waals surface area contributed by atoms with Crippen molar-refractivity contribution in [3.63, 3.8) is 0 Å². The molecule has 0 aliphatic rings. The first kappa shape index (κ1) is 12.7. The van der Waals surface area contributed by atoms with Gasteiger partial charge >= 0.3 is 0 Å². The van der Waals surface area contributed by atoms with Crippen LogP contribution < -0.4 is 0 Å². The summed E-state index contributed by atoms with van der Waals surface area (Å²) in [5.41, 5.74) is 0. The fourth-order valence-corrected chi connectivity index (χ4v) is 1.38. The second-order valence-corrected chi connectivity index (χ2v) is 4.61. The zero-order valence-corrected chi connectivity index (χ0v) is 9.92. The lowest BCUT2D eigenvalue weighted by molar-refractivity contribution is -0.128. The summed E-state index contributed by atoms with van der Waals surface area (Å²) in [7, 11) is 0. The monoisotopic (exact) mass is 184 g/mol. The van der Waals surface area contributed by atoms with Crippen LogP contribution in [-0.2, 0) is 4.79 Å². The first-order valence-corrected chi connectivity index (χ1v) is 5.45. The van der Waals surface area contributed by atoms with Crippen molar-refractivity contribution in [2.75, 3.05) is 0 Å². The summed E-state index contributed by atoms with van der Waals surface area (Å²) in [5, 5.41) is 0. The highest BCUT2D eigenvalue weighted by molar-refractivity contribution is 5.83. The maximum Gasteiger partial charge on any atom is 0.139 e. The lowest BCUT2D eigenvalue weighted by Gasteiger charge is -2.23. The smallest absolute Gasteiger partial charge is 0.139 e. The van der Waals surface area contributed by atoms with Crippen LogP contribution in [0.2, 0.25) is 0 Å². The maximum absolute atomic E-state index is 11.9. The van der Waals surface area contributed by atoms with Gasteiger partial charge in [-0.1, -0.05) is 48.0 Å². The summed E-state index contributed by atoms with van der Waals surface area (Å²) in [5.74, 6) is 1.86. The lowest BCUT2D eigenvalue weighted by atomic mass is 9.81. The van der Waals surface area contributed by atoms with Gasteiger partial charge < -0.3 is 0 Å². The Bertz CT molecular complexity index is 161. The molecule has 0 saturated heterocycles. The molecule has 0 N–H and O–H groups in total. The van der Waals surface area contributed by atoms with Gasteiger partial charge in [0.05, 0.1) is 0 Å². The van der Waals surface area contributed by atoms with Crippen molar-refractivity contribution in [3.8, 4) is 0 Å². The Morgan fingerprint density at radius 2 is 1.46 bits per heavy atom. The molecule has 0 aromatic heterocycles. The highest BCUT2D eigenvalue weighted by Crippen LogP contribution is 2.22. The molecule has 0 bridgehead atoms. The van der Waals surface area contributed by atoms with Crippen LogP contribution in [0.1, 0.15) is 48.0 Å². The minimum Gasteiger partial charge on any atom is -0.299 e. The van der Waals surface area contributed by atoms with E-state index in [2.05, 4.69) is 34.6 Å². The van der Waals surface area contributed by atoms with Gasteiger partial charge in [-0.25, -0.2) is 0 Å². The highest BCUT2D eigenvalue weighted by Gasteiger charge is 2.25. The Morgan fingerprint density at radius 1 is 1.00 bits per heavy atom. The molecule has 3 atom stereocenters. The summed E-state index contributed by atoms with van der Waals surface area (Å²) in [6.45, 7) is 12.7. The molecule has 0 saturated carbocycles. The van der Waals surface area contributed by atoms with E-state index in [1.165, 1.54) is 0 Å². The average Bonchev–Trinajstić information content (AvgIpc) is 2.12. The molecule has 0 fully saturated rings. The van der Waals surface area contributed by atoms with E-state index in [9.17, 15) is 4.79 Å². The van der Waals surface area contributed by atoms with Crippen LogP contribution in [0.25, 0.3) is 0 Å². The van der Waals surface area contributed by atoms with E-state index >= 15 is 0 Å². The fraction of sp³-hybridized carbons (Fsp3) is 0.917. The Hall–Kier alpha value is -0.330. The minimum atomic E-state index is 0.212. The quantitative estimate of drug-likeness (QED) is 0.639. The normalized spacial score (nSPS) is 18.4. The van der Waals surface area contributed by atoms with Crippen LogP contribution in [0.5, 0.6) is 0 Å². The summed E-state index contributed by atoms with van der Waals surface area (Å²) < 4.78 is 0. The van der Waals surface area contributed by atoms with Gasteiger partial charge in [-0.05, 0) is 11.8 Å². The van der Waals surface area contributed by atoms with E-state index < -0.39 is 0 Å². The number of Topliss-reactive ketones (excluding diaryl/α,β-unsaturated/α-hetero) is 1. The third-order valence-corrected chi connectivity index (χ3v) is 3.40. The number of rotatable bonds is 5. The molecule has 0 spiro atoms. The third kappa shape index (κ3) is 3.50. The Balaban J connectivity index is 4.25. The molecule has 0 aliphatic heterocycles. The largest absolute Gasteiger partial charge is 0.299 e. The van der Waals surface area contributed by atoms with E-state index in [-0.39, 0.29) is 11.8 Å². The summed E-state index contributed by atoms with van der Waals surface area (Å²) in [6.07, 6.45) is 1.09. The van der Waals surface area contributed by atoms with Crippen molar-refractivity contribution < 1.29 is 4.79 Å². The average molecular weight is 184 g/mol.